The minimum atomic E-state index is -0.394. The maximum absolute atomic E-state index is 2.41. The molecule has 0 heterocycles. The summed E-state index contributed by atoms with van der Waals surface area (Å²) in [4.78, 5) is 0. The van der Waals surface area contributed by atoms with E-state index in [1.165, 1.54) is 19.3 Å². The van der Waals surface area contributed by atoms with Gasteiger partial charge in [-0.2, -0.15) is 0 Å². The Labute approximate surface area is 66.1 Å². The van der Waals surface area contributed by atoms with Crippen molar-refractivity contribution in [3.05, 3.63) is 11.8 Å². The molecule has 0 unspecified atom stereocenters. The molecular formula is C8H20OSi. The van der Waals surface area contributed by atoms with Crippen molar-refractivity contribution in [3.63, 3.8) is 0 Å². The quantitative estimate of drug-likeness (QED) is 0.444. The van der Waals surface area contributed by atoms with Gasteiger partial charge in [-0.25, -0.2) is 0 Å². The molecule has 0 saturated carbocycles. The fourth-order valence-corrected chi connectivity index (χ4v) is 1.43. The molecule has 2 heteroatoms. The zero-order chi connectivity index (χ0) is 7.11. The summed E-state index contributed by atoms with van der Waals surface area (Å²) >= 11 is 0. The van der Waals surface area contributed by atoms with Crippen molar-refractivity contribution in [1.29, 1.82) is 0 Å². The van der Waals surface area contributed by atoms with Crippen molar-refractivity contribution in [1.82, 2.24) is 0 Å². The van der Waals surface area contributed by atoms with E-state index in [2.05, 4.69) is 31.8 Å². The van der Waals surface area contributed by atoms with E-state index in [1.54, 1.807) is 0 Å². The zero-order valence-corrected chi connectivity index (χ0v) is 8.51. The maximum atomic E-state index is 2.41. The lowest BCUT2D eigenvalue weighted by molar-refractivity contribution is 0.815. The monoisotopic (exact) mass is 160 g/mol. The summed E-state index contributed by atoms with van der Waals surface area (Å²) in [7, 11) is -0.394. The fourth-order valence-electron chi connectivity index (χ4n) is 0.690. The second-order valence-electron chi connectivity index (χ2n) is 2.81. The van der Waals surface area contributed by atoms with Gasteiger partial charge in [-0.05, 0) is 6.42 Å². The van der Waals surface area contributed by atoms with Crippen molar-refractivity contribution in [2.75, 3.05) is 0 Å². The van der Waals surface area contributed by atoms with E-state index in [4.69, 9.17) is 0 Å². The zero-order valence-electron chi connectivity index (χ0n) is 7.35. The standard InChI is InChI=1S/C8H18Si.H2O/c1-4-5-6-7-8-9(2)3;/h7-9H,4-6H2,1-3H3;1H2. The highest BCUT2D eigenvalue weighted by molar-refractivity contribution is 6.61. The van der Waals surface area contributed by atoms with Gasteiger partial charge in [0.05, 0.1) is 8.80 Å². The van der Waals surface area contributed by atoms with Crippen molar-refractivity contribution in [3.8, 4) is 0 Å². The molecule has 0 spiro atoms. The Morgan fingerprint density at radius 1 is 1.30 bits per heavy atom. The first-order valence-corrected chi connectivity index (χ1v) is 6.91. The Balaban J connectivity index is 0. The summed E-state index contributed by atoms with van der Waals surface area (Å²) in [6.45, 7) is 6.94. The molecule has 0 bridgehead atoms. The van der Waals surface area contributed by atoms with Crippen LogP contribution in [-0.2, 0) is 0 Å². The van der Waals surface area contributed by atoms with Crippen LogP contribution < -0.4 is 0 Å². The van der Waals surface area contributed by atoms with Gasteiger partial charge in [0.1, 0.15) is 0 Å². The molecule has 0 amide bonds. The number of allylic oxidation sites excluding steroid dienone is 1. The fraction of sp³-hybridized carbons (Fsp3) is 0.750. The van der Waals surface area contributed by atoms with Crippen LogP contribution in [0.3, 0.4) is 0 Å². The Morgan fingerprint density at radius 3 is 2.30 bits per heavy atom. The Hall–Kier alpha value is -0.0831. The topological polar surface area (TPSA) is 31.5 Å². The lowest BCUT2D eigenvalue weighted by Crippen LogP contribution is -1.91. The predicted octanol–water partition coefficient (Wildman–Crippen LogP) is 1.93. The molecular weight excluding hydrogens is 140 g/mol. The molecule has 0 aromatic heterocycles. The SMILES string of the molecule is CCCCC=C[SiH](C)C.O. The van der Waals surface area contributed by atoms with Crippen LogP contribution in [-0.4, -0.2) is 14.3 Å². The van der Waals surface area contributed by atoms with Gasteiger partial charge in [0.25, 0.3) is 0 Å². The molecule has 10 heavy (non-hydrogen) atoms. The molecule has 0 atom stereocenters. The second kappa shape index (κ2) is 8.92. The Morgan fingerprint density at radius 2 is 1.90 bits per heavy atom. The minimum absolute atomic E-state index is 0. The van der Waals surface area contributed by atoms with E-state index >= 15 is 0 Å². The molecule has 0 aromatic carbocycles. The van der Waals surface area contributed by atoms with Crippen LogP contribution in [0.25, 0.3) is 0 Å². The van der Waals surface area contributed by atoms with Gasteiger partial charge in [0, 0.05) is 0 Å². The molecule has 1 nitrogen and oxygen atoms in total. The first-order valence-electron chi connectivity index (χ1n) is 3.94. The molecule has 0 aliphatic heterocycles. The van der Waals surface area contributed by atoms with E-state index in [0.29, 0.717) is 0 Å². The van der Waals surface area contributed by atoms with Crippen molar-refractivity contribution in [2.45, 2.75) is 39.3 Å². The predicted molar refractivity (Wildman–Crippen MR) is 51.2 cm³/mol. The summed E-state index contributed by atoms with van der Waals surface area (Å²) < 4.78 is 0. The van der Waals surface area contributed by atoms with Gasteiger partial charge < -0.3 is 5.48 Å². The number of rotatable bonds is 4. The first kappa shape index (κ1) is 12.6. The van der Waals surface area contributed by atoms with Crippen molar-refractivity contribution in [2.24, 2.45) is 0 Å². The van der Waals surface area contributed by atoms with Crippen LogP contribution in [0.15, 0.2) is 11.8 Å². The Kier molecular flexibility index (Phi) is 11.2. The van der Waals surface area contributed by atoms with Crippen LogP contribution >= 0.6 is 0 Å². The highest BCUT2D eigenvalue weighted by atomic mass is 28.3. The second-order valence-corrected chi connectivity index (χ2v) is 5.69. The summed E-state index contributed by atoms with van der Waals surface area (Å²) in [5.41, 5.74) is 2.41. The first-order chi connectivity index (χ1) is 4.27. The summed E-state index contributed by atoms with van der Waals surface area (Å²) in [5.74, 6) is 0. The maximum Gasteiger partial charge on any atom is 0.0549 e. The van der Waals surface area contributed by atoms with Gasteiger partial charge in [0.15, 0.2) is 0 Å². The third-order valence-electron chi connectivity index (χ3n) is 1.25. The third kappa shape index (κ3) is 10.8. The van der Waals surface area contributed by atoms with Crippen LogP contribution in [0.5, 0.6) is 0 Å². The van der Waals surface area contributed by atoms with Gasteiger partial charge in [-0.15, -0.1) is 5.70 Å². The molecule has 0 fully saturated rings. The van der Waals surface area contributed by atoms with Gasteiger partial charge in [-0.3, -0.25) is 0 Å². The van der Waals surface area contributed by atoms with Crippen LogP contribution in [0.4, 0.5) is 0 Å². The number of hydrogen-bond donors (Lipinski definition) is 0. The summed E-state index contributed by atoms with van der Waals surface area (Å²) in [5, 5.41) is 0. The highest BCUT2D eigenvalue weighted by Crippen LogP contribution is 1.95. The smallest absolute Gasteiger partial charge is 0.0549 e. The molecule has 0 aliphatic rings. The van der Waals surface area contributed by atoms with E-state index in [0.717, 1.165) is 0 Å². The summed E-state index contributed by atoms with van der Waals surface area (Å²) in [6, 6.07) is 0. The van der Waals surface area contributed by atoms with E-state index in [1.807, 2.05) is 0 Å². The van der Waals surface area contributed by atoms with Crippen LogP contribution in [0.1, 0.15) is 26.2 Å². The molecule has 0 aliphatic carbocycles. The van der Waals surface area contributed by atoms with E-state index < -0.39 is 8.80 Å². The summed E-state index contributed by atoms with van der Waals surface area (Å²) in [6.07, 6.45) is 6.32. The van der Waals surface area contributed by atoms with Crippen molar-refractivity contribution < 1.29 is 5.48 Å². The lowest BCUT2D eigenvalue weighted by Gasteiger charge is -1.90. The lowest BCUT2D eigenvalue weighted by atomic mass is 10.2. The molecule has 0 rings (SSSR count). The molecule has 2 N–H and O–H groups in total. The normalized spacial score (nSPS) is 10.4. The third-order valence-corrected chi connectivity index (χ3v) is 2.29. The average Bonchev–Trinajstić information content (AvgIpc) is 1.80. The van der Waals surface area contributed by atoms with Crippen molar-refractivity contribution >= 4 is 8.80 Å². The average molecular weight is 160 g/mol. The largest absolute Gasteiger partial charge is 0.412 e. The highest BCUT2D eigenvalue weighted by Gasteiger charge is 1.84. The molecule has 62 valence electrons. The number of unbranched alkanes of at least 4 members (excludes halogenated alkanes) is 2. The Bertz CT molecular complexity index is 79.3. The van der Waals surface area contributed by atoms with Gasteiger partial charge >= 0.3 is 0 Å². The van der Waals surface area contributed by atoms with E-state index in [-0.39, 0.29) is 5.48 Å². The van der Waals surface area contributed by atoms with Gasteiger partial charge in [-0.1, -0.05) is 38.9 Å². The minimum Gasteiger partial charge on any atom is -0.412 e. The number of hydrogen-bond acceptors (Lipinski definition) is 0. The van der Waals surface area contributed by atoms with Gasteiger partial charge in [0.2, 0.25) is 0 Å². The van der Waals surface area contributed by atoms with E-state index in [9.17, 15) is 0 Å². The van der Waals surface area contributed by atoms with Crippen LogP contribution in [0.2, 0.25) is 13.1 Å². The molecule has 0 radical (unpaired) electrons. The van der Waals surface area contributed by atoms with Crippen LogP contribution in [0, 0.1) is 0 Å². The molecule has 0 saturated heterocycles. The molecule has 0 aromatic rings.